The Morgan fingerprint density at radius 3 is 1.93 bits per heavy atom. The van der Waals surface area contributed by atoms with Gasteiger partial charge in [-0.15, -0.1) is 11.6 Å². The number of amides is 2. The van der Waals surface area contributed by atoms with Crippen molar-refractivity contribution in [3.63, 3.8) is 0 Å². The van der Waals surface area contributed by atoms with Crippen molar-refractivity contribution >= 4 is 23.4 Å². The molecule has 3 aliphatic carbocycles. The van der Waals surface area contributed by atoms with Crippen LogP contribution in [0.1, 0.15) is 33.7 Å². The molecule has 3 nitrogen and oxygen atoms in total. The van der Waals surface area contributed by atoms with Crippen molar-refractivity contribution in [2.45, 2.75) is 17.3 Å². The standard InChI is InChI=1S/C25H18ClNO2/c26-25-18-12-6-4-10-16(18)20(17-11-5-7-13-19(17)25)21-22(25)24(29)27(23(21)28)14-15-8-2-1-3-9-15/h1-13,20-22H,14H2/t20?,21-,22-,25?/m1/s1. The smallest absolute Gasteiger partial charge is 0.235 e. The molecule has 1 heterocycles. The van der Waals surface area contributed by atoms with E-state index in [0.29, 0.717) is 0 Å². The first-order valence-corrected chi connectivity index (χ1v) is 10.3. The molecule has 3 aromatic rings. The van der Waals surface area contributed by atoms with Crippen LogP contribution in [0.4, 0.5) is 0 Å². The third-order valence-corrected chi connectivity index (χ3v) is 7.43. The van der Waals surface area contributed by atoms with E-state index in [2.05, 4.69) is 12.1 Å². The minimum atomic E-state index is -1.01. The summed E-state index contributed by atoms with van der Waals surface area (Å²) < 4.78 is 0. The Hall–Kier alpha value is -2.91. The van der Waals surface area contributed by atoms with Gasteiger partial charge in [0, 0.05) is 5.92 Å². The summed E-state index contributed by atoms with van der Waals surface area (Å²) in [5.74, 6) is -1.43. The van der Waals surface area contributed by atoms with Crippen molar-refractivity contribution in [1.29, 1.82) is 0 Å². The van der Waals surface area contributed by atoms with Gasteiger partial charge in [-0.3, -0.25) is 14.5 Å². The number of hydrogen-bond acceptors (Lipinski definition) is 2. The van der Waals surface area contributed by atoms with Gasteiger partial charge in [-0.25, -0.2) is 0 Å². The van der Waals surface area contributed by atoms with Crippen molar-refractivity contribution in [3.8, 4) is 0 Å². The summed E-state index contributed by atoms with van der Waals surface area (Å²) in [5, 5.41) is 0. The van der Waals surface area contributed by atoms with Crippen molar-refractivity contribution in [1.82, 2.24) is 4.90 Å². The van der Waals surface area contributed by atoms with Crippen LogP contribution >= 0.6 is 11.6 Å². The largest absolute Gasteiger partial charge is 0.278 e. The highest BCUT2D eigenvalue weighted by atomic mass is 35.5. The van der Waals surface area contributed by atoms with Gasteiger partial charge in [-0.1, -0.05) is 78.9 Å². The lowest BCUT2D eigenvalue weighted by Crippen LogP contribution is -2.50. The molecule has 2 atom stereocenters. The van der Waals surface area contributed by atoms with Gasteiger partial charge >= 0.3 is 0 Å². The van der Waals surface area contributed by atoms with E-state index in [1.54, 1.807) is 0 Å². The molecule has 0 N–H and O–H groups in total. The third-order valence-electron chi connectivity index (χ3n) is 6.79. The first-order valence-electron chi connectivity index (χ1n) is 9.89. The normalized spacial score (nSPS) is 28.9. The molecule has 3 aromatic carbocycles. The van der Waals surface area contributed by atoms with Crippen molar-refractivity contribution in [2.75, 3.05) is 0 Å². The molecule has 2 amide bonds. The molecule has 0 unspecified atom stereocenters. The fourth-order valence-corrected chi connectivity index (χ4v) is 6.23. The number of imide groups is 1. The fourth-order valence-electron chi connectivity index (χ4n) is 5.66. The molecular formula is C25H18ClNO2. The van der Waals surface area contributed by atoms with Gasteiger partial charge in [0.15, 0.2) is 0 Å². The second kappa shape index (κ2) is 5.80. The topological polar surface area (TPSA) is 37.4 Å². The van der Waals surface area contributed by atoms with E-state index in [1.807, 2.05) is 66.7 Å². The van der Waals surface area contributed by atoms with Gasteiger partial charge in [-0.05, 0) is 27.8 Å². The Bertz CT molecular complexity index is 1120. The molecule has 7 rings (SSSR count). The molecule has 29 heavy (non-hydrogen) atoms. The number of nitrogens with zero attached hydrogens (tertiary/aromatic N) is 1. The molecule has 1 fully saturated rings. The predicted molar refractivity (Wildman–Crippen MR) is 110 cm³/mol. The highest BCUT2D eigenvalue weighted by Gasteiger charge is 2.67. The van der Waals surface area contributed by atoms with Crippen molar-refractivity contribution in [2.24, 2.45) is 11.8 Å². The minimum absolute atomic E-state index is 0.108. The van der Waals surface area contributed by atoms with Crippen LogP contribution in [0.15, 0.2) is 78.9 Å². The third kappa shape index (κ3) is 2.03. The highest BCUT2D eigenvalue weighted by molar-refractivity contribution is 6.30. The SMILES string of the molecule is O=C1[C@@H]2C3c4ccccc4C(Cl)(c4ccccc43)[C@H]2C(=O)N1Cc1ccccc1. The molecule has 4 aliphatic rings. The van der Waals surface area contributed by atoms with Crippen molar-refractivity contribution in [3.05, 3.63) is 107 Å². The van der Waals surface area contributed by atoms with E-state index in [9.17, 15) is 9.59 Å². The Morgan fingerprint density at radius 1 is 0.759 bits per heavy atom. The highest BCUT2D eigenvalue weighted by Crippen LogP contribution is 2.65. The molecule has 0 spiro atoms. The Labute approximate surface area is 173 Å². The van der Waals surface area contributed by atoms with Crippen molar-refractivity contribution < 1.29 is 9.59 Å². The lowest BCUT2D eigenvalue weighted by molar-refractivity contribution is -0.140. The van der Waals surface area contributed by atoms with Crippen LogP contribution in [0.3, 0.4) is 0 Å². The molecule has 0 radical (unpaired) electrons. The summed E-state index contributed by atoms with van der Waals surface area (Å²) in [7, 11) is 0. The summed E-state index contributed by atoms with van der Waals surface area (Å²) in [6.07, 6.45) is 0. The van der Waals surface area contributed by atoms with Gasteiger partial charge in [0.25, 0.3) is 0 Å². The number of halogens is 1. The zero-order valence-electron chi connectivity index (χ0n) is 15.6. The number of hydrogen-bond donors (Lipinski definition) is 0. The molecule has 142 valence electrons. The van der Waals surface area contributed by atoms with Gasteiger partial charge in [-0.2, -0.15) is 0 Å². The lowest BCUT2D eigenvalue weighted by Gasteiger charge is -2.50. The zero-order chi connectivity index (χ0) is 19.8. The number of carbonyl (C=O) groups is 2. The second-order valence-electron chi connectivity index (χ2n) is 8.12. The average Bonchev–Trinajstić information content (AvgIpc) is 3.01. The number of likely N-dealkylation sites (tertiary alicyclic amines) is 1. The Balaban J connectivity index is 1.55. The average molecular weight is 400 g/mol. The van der Waals surface area contributed by atoms with Crippen LogP contribution in [-0.4, -0.2) is 16.7 Å². The van der Waals surface area contributed by atoms with Crippen LogP contribution in [0.5, 0.6) is 0 Å². The second-order valence-corrected chi connectivity index (χ2v) is 8.71. The van der Waals surface area contributed by atoms with E-state index < -0.39 is 16.7 Å². The maximum absolute atomic E-state index is 13.6. The van der Waals surface area contributed by atoms with Gasteiger partial charge in [0.1, 0.15) is 4.87 Å². The molecule has 2 bridgehead atoms. The predicted octanol–water partition coefficient (Wildman–Crippen LogP) is 4.43. The van der Waals surface area contributed by atoms with E-state index in [1.165, 1.54) is 4.90 Å². The van der Waals surface area contributed by atoms with Crippen LogP contribution in [-0.2, 0) is 21.0 Å². The molecule has 1 saturated heterocycles. The van der Waals surface area contributed by atoms with Crippen LogP contribution in [0.25, 0.3) is 0 Å². The summed E-state index contributed by atoms with van der Waals surface area (Å²) in [6, 6.07) is 25.7. The fraction of sp³-hybridized carbons (Fsp3) is 0.200. The van der Waals surface area contributed by atoms with Crippen LogP contribution in [0.2, 0.25) is 0 Å². The number of rotatable bonds is 2. The van der Waals surface area contributed by atoms with Gasteiger partial charge < -0.3 is 0 Å². The quantitative estimate of drug-likeness (QED) is 0.472. The van der Waals surface area contributed by atoms with E-state index in [0.717, 1.165) is 27.8 Å². The van der Waals surface area contributed by atoms with Crippen LogP contribution in [0, 0.1) is 11.8 Å². The van der Waals surface area contributed by atoms with Gasteiger partial charge in [0.05, 0.1) is 18.4 Å². The van der Waals surface area contributed by atoms with Crippen LogP contribution < -0.4 is 0 Å². The zero-order valence-corrected chi connectivity index (χ0v) is 16.3. The monoisotopic (exact) mass is 399 g/mol. The first-order chi connectivity index (χ1) is 14.1. The summed E-state index contributed by atoms with van der Waals surface area (Å²) in [4.78, 5) is 27.6. The molecule has 0 saturated carbocycles. The molecule has 0 aromatic heterocycles. The maximum Gasteiger partial charge on any atom is 0.235 e. The summed E-state index contributed by atoms with van der Waals surface area (Å²) >= 11 is 7.39. The lowest BCUT2D eigenvalue weighted by atomic mass is 9.54. The Kier molecular flexibility index (Phi) is 3.40. The van der Waals surface area contributed by atoms with E-state index in [-0.39, 0.29) is 24.3 Å². The minimum Gasteiger partial charge on any atom is -0.278 e. The summed E-state index contributed by atoms with van der Waals surface area (Å²) in [6.45, 7) is 0.290. The first kappa shape index (κ1) is 17.0. The van der Waals surface area contributed by atoms with E-state index >= 15 is 0 Å². The molecule has 1 aliphatic heterocycles. The molecule has 4 heteroatoms. The van der Waals surface area contributed by atoms with E-state index in [4.69, 9.17) is 11.6 Å². The number of alkyl halides is 1. The Morgan fingerprint density at radius 2 is 1.31 bits per heavy atom. The summed E-state index contributed by atoms with van der Waals surface area (Å²) in [5.41, 5.74) is 5.03. The van der Waals surface area contributed by atoms with Gasteiger partial charge in [0.2, 0.25) is 11.8 Å². The molecular weight excluding hydrogens is 382 g/mol. The maximum atomic E-state index is 13.6. The number of benzene rings is 3. The number of carbonyl (C=O) groups excluding carboxylic acids is 2.